The van der Waals surface area contributed by atoms with E-state index in [9.17, 15) is 19.2 Å². The standard InChI is InChI=1S/C20H23ClN4O5/c1-2-30-19(28)18(14-3-5-15(21)6-4-14)24-11-9-23(10-12-24)17(27)13-25-8-7-16(26)22-20(25)29/h3-8,18H,2,9-13H2,1H3,(H,22,26,29). The Bertz CT molecular complexity index is 1010. The average Bonchev–Trinajstić information content (AvgIpc) is 2.72. The minimum atomic E-state index is -0.625. The molecule has 1 atom stereocenters. The van der Waals surface area contributed by atoms with Gasteiger partial charge in [-0.2, -0.15) is 0 Å². The zero-order valence-corrected chi connectivity index (χ0v) is 17.3. The number of halogens is 1. The number of carbonyl (C=O) groups is 2. The van der Waals surface area contributed by atoms with Crippen LogP contribution in [0.2, 0.25) is 5.02 Å². The smallest absolute Gasteiger partial charge is 0.328 e. The van der Waals surface area contributed by atoms with Gasteiger partial charge in [-0.25, -0.2) is 9.59 Å². The number of rotatable bonds is 6. The maximum absolute atomic E-state index is 12.6. The number of hydrogen-bond donors (Lipinski definition) is 1. The van der Waals surface area contributed by atoms with E-state index in [2.05, 4.69) is 4.98 Å². The average molecular weight is 435 g/mol. The third-order valence-electron chi connectivity index (χ3n) is 4.93. The van der Waals surface area contributed by atoms with Crippen LogP contribution in [0.1, 0.15) is 18.5 Å². The first-order valence-electron chi connectivity index (χ1n) is 9.62. The second-order valence-corrected chi connectivity index (χ2v) is 7.30. The quantitative estimate of drug-likeness (QED) is 0.669. The van der Waals surface area contributed by atoms with Crippen molar-refractivity contribution in [1.29, 1.82) is 0 Å². The molecule has 9 nitrogen and oxygen atoms in total. The molecule has 0 radical (unpaired) electrons. The van der Waals surface area contributed by atoms with Crippen molar-refractivity contribution in [3.8, 4) is 0 Å². The molecule has 1 unspecified atom stereocenters. The number of hydrogen-bond acceptors (Lipinski definition) is 6. The SMILES string of the molecule is CCOC(=O)C(c1ccc(Cl)cc1)N1CCN(C(=O)Cn2ccc(=O)[nH]c2=O)CC1. The lowest BCUT2D eigenvalue weighted by atomic mass is 10.0. The lowest BCUT2D eigenvalue weighted by molar-refractivity contribution is -0.151. The maximum atomic E-state index is 12.6. The van der Waals surface area contributed by atoms with Gasteiger partial charge in [0, 0.05) is 43.5 Å². The first kappa shape index (κ1) is 21.8. The van der Waals surface area contributed by atoms with Crippen molar-refractivity contribution in [3.05, 3.63) is 68.0 Å². The van der Waals surface area contributed by atoms with Gasteiger partial charge >= 0.3 is 11.7 Å². The zero-order valence-electron chi connectivity index (χ0n) is 16.5. The van der Waals surface area contributed by atoms with Crippen LogP contribution in [0.4, 0.5) is 0 Å². The highest BCUT2D eigenvalue weighted by Gasteiger charge is 2.32. The number of nitrogens with one attached hydrogen (secondary N) is 1. The van der Waals surface area contributed by atoms with Crippen LogP contribution in [0.3, 0.4) is 0 Å². The molecular formula is C20H23ClN4O5. The number of aromatic nitrogens is 2. The molecule has 1 N–H and O–H groups in total. The monoisotopic (exact) mass is 434 g/mol. The molecule has 1 amide bonds. The maximum Gasteiger partial charge on any atom is 0.328 e. The molecule has 3 rings (SSSR count). The van der Waals surface area contributed by atoms with Gasteiger partial charge in [-0.1, -0.05) is 23.7 Å². The summed E-state index contributed by atoms with van der Waals surface area (Å²) in [5.74, 6) is -0.581. The van der Waals surface area contributed by atoms with E-state index in [1.807, 2.05) is 4.90 Å². The number of benzene rings is 1. The van der Waals surface area contributed by atoms with E-state index in [-0.39, 0.29) is 25.0 Å². The Morgan fingerprint density at radius 3 is 2.37 bits per heavy atom. The fourth-order valence-electron chi connectivity index (χ4n) is 3.41. The van der Waals surface area contributed by atoms with Crippen LogP contribution >= 0.6 is 11.6 Å². The van der Waals surface area contributed by atoms with E-state index in [1.54, 1.807) is 36.1 Å². The summed E-state index contributed by atoms with van der Waals surface area (Å²) in [7, 11) is 0. The lowest BCUT2D eigenvalue weighted by Crippen LogP contribution is -2.52. The van der Waals surface area contributed by atoms with Crippen molar-refractivity contribution in [3.63, 3.8) is 0 Å². The number of aromatic amines is 1. The molecule has 0 aliphatic carbocycles. The number of nitrogens with zero attached hydrogens (tertiary/aromatic N) is 3. The van der Waals surface area contributed by atoms with Gasteiger partial charge in [-0.3, -0.25) is 24.0 Å². The molecular weight excluding hydrogens is 412 g/mol. The van der Waals surface area contributed by atoms with Gasteiger partial charge in [0.05, 0.1) is 6.61 Å². The second-order valence-electron chi connectivity index (χ2n) is 6.86. The molecule has 0 bridgehead atoms. The Balaban J connectivity index is 1.67. The van der Waals surface area contributed by atoms with Crippen LogP contribution in [0.5, 0.6) is 0 Å². The Morgan fingerprint density at radius 1 is 1.10 bits per heavy atom. The summed E-state index contributed by atoms with van der Waals surface area (Å²) < 4.78 is 6.41. The van der Waals surface area contributed by atoms with E-state index >= 15 is 0 Å². The topological polar surface area (TPSA) is 105 Å². The van der Waals surface area contributed by atoms with Crippen LogP contribution in [0.25, 0.3) is 0 Å². The summed E-state index contributed by atoms with van der Waals surface area (Å²) in [6, 6.07) is 7.66. The van der Waals surface area contributed by atoms with Crippen LogP contribution < -0.4 is 11.2 Å². The molecule has 2 aromatic rings. The molecule has 2 heterocycles. The van der Waals surface area contributed by atoms with Crippen molar-refractivity contribution >= 4 is 23.5 Å². The van der Waals surface area contributed by atoms with Crippen molar-refractivity contribution in [1.82, 2.24) is 19.4 Å². The number of esters is 1. The second kappa shape index (κ2) is 9.73. The Kier molecular flexibility index (Phi) is 7.07. The van der Waals surface area contributed by atoms with Gasteiger partial charge in [0.2, 0.25) is 5.91 Å². The minimum Gasteiger partial charge on any atom is -0.465 e. The molecule has 1 aliphatic rings. The Labute approximate surface area is 177 Å². The number of H-pyrrole nitrogens is 1. The molecule has 1 fully saturated rings. The third-order valence-corrected chi connectivity index (χ3v) is 5.18. The molecule has 1 aromatic carbocycles. The number of ether oxygens (including phenoxy) is 1. The Hall–Kier alpha value is -2.91. The highest BCUT2D eigenvalue weighted by molar-refractivity contribution is 6.30. The molecule has 1 aromatic heterocycles. The van der Waals surface area contributed by atoms with E-state index in [4.69, 9.17) is 16.3 Å². The molecule has 30 heavy (non-hydrogen) atoms. The predicted molar refractivity (Wildman–Crippen MR) is 110 cm³/mol. The fraction of sp³-hybridized carbons (Fsp3) is 0.400. The molecule has 0 saturated carbocycles. The van der Waals surface area contributed by atoms with E-state index in [0.29, 0.717) is 31.2 Å². The minimum absolute atomic E-state index is 0.159. The molecule has 10 heteroatoms. The number of piperazine rings is 1. The normalized spacial score (nSPS) is 15.6. The molecule has 1 aliphatic heterocycles. The summed E-state index contributed by atoms with van der Waals surface area (Å²) in [6.45, 7) is 3.62. The summed E-state index contributed by atoms with van der Waals surface area (Å²) in [4.78, 5) is 53.9. The largest absolute Gasteiger partial charge is 0.465 e. The van der Waals surface area contributed by atoms with Gasteiger partial charge < -0.3 is 9.64 Å². The van der Waals surface area contributed by atoms with Crippen LogP contribution in [0.15, 0.2) is 46.1 Å². The van der Waals surface area contributed by atoms with E-state index in [1.165, 1.54) is 12.3 Å². The van der Waals surface area contributed by atoms with Gasteiger partial charge in [-0.15, -0.1) is 0 Å². The van der Waals surface area contributed by atoms with Crippen molar-refractivity contribution in [2.75, 3.05) is 32.8 Å². The number of amides is 1. The van der Waals surface area contributed by atoms with Gasteiger partial charge in [0.25, 0.3) is 5.56 Å². The first-order chi connectivity index (χ1) is 14.4. The van der Waals surface area contributed by atoms with E-state index < -0.39 is 17.3 Å². The van der Waals surface area contributed by atoms with Crippen LogP contribution in [-0.2, 0) is 20.9 Å². The summed E-state index contributed by atoms with van der Waals surface area (Å²) in [5, 5.41) is 0.578. The third kappa shape index (κ3) is 5.17. The summed E-state index contributed by atoms with van der Waals surface area (Å²) in [5.41, 5.74) is -0.360. The van der Waals surface area contributed by atoms with Crippen molar-refractivity contribution in [2.24, 2.45) is 0 Å². The number of carbonyl (C=O) groups excluding carboxylic acids is 2. The van der Waals surface area contributed by atoms with Crippen molar-refractivity contribution in [2.45, 2.75) is 19.5 Å². The fourth-order valence-corrected chi connectivity index (χ4v) is 3.53. The van der Waals surface area contributed by atoms with Gasteiger partial charge in [0.1, 0.15) is 12.6 Å². The zero-order chi connectivity index (χ0) is 21.7. The highest BCUT2D eigenvalue weighted by atomic mass is 35.5. The van der Waals surface area contributed by atoms with Gasteiger partial charge in [-0.05, 0) is 24.6 Å². The van der Waals surface area contributed by atoms with Crippen molar-refractivity contribution < 1.29 is 14.3 Å². The van der Waals surface area contributed by atoms with Crippen LogP contribution in [0, 0.1) is 0 Å². The summed E-state index contributed by atoms with van der Waals surface area (Å²) >= 11 is 5.97. The Morgan fingerprint density at radius 2 is 1.77 bits per heavy atom. The molecule has 0 spiro atoms. The van der Waals surface area contributed by atoms with Crippen LogP contribution in [-0.4, -0.2) is 64.0 Å². The van der Waals surface area contributed by atoms with E-state index in [0.717, 1.165) is 10.1 Å². The van der Waals surface area contributed by atoms with Gasteiger partial charge in [0.15, 0.2) is 0 Å². The highest BCUT2D eigenvalue weighted by Crippen LogP contribution is 2.25. The molecule has 1 saturated heterocycles. The lowest BCUT2D eigenvalue weighted by Gasteiger charge is -2.38. The predicted octanol–water partition coefficient (Wildman–Crippen LogP) is 0.639. The molecule has 160 valence electrons. The first-order valence-corrected chi connectivity index (χ1v) is 10.0. The summed E-state index contributed by atoms with van der Waals surface area (Å²) in [6.07, 6.45) is 1.30.